The largest absolute Gasteiger partial charge is 0.496 e. The highest BCUT2D eigenvalue weighted by Crippen LogP contribution is 2.36. The number of nitrogens with zero attached hydrogens (tertiary/aromatic N) is 4. The van der Waals surface area contributed by atoms with Crippen molar-refractivity contribution in [3.8, 4) is 5.75 Å². The molecule has 0 spiro atoms. The van der Waals surface area contributed by atoms with Gasteiger partial charge in [0, 0.05) is 25.6 Å². The first kappa shape index (κ1) is 26.0. The van der Waals surface area contributed by atoms with E-state index in [1.54, 1.807) is 7.11 Å². The summed E-state index contributed by atoms with van der Waals surface area (Å²) in [6, 6.07) is 16.2. The number of benzene rings is 3. The van der Waals surface area contributed by atoms with Gasteiger partial charge in [0.25, 0.3) is 5.91 Å². The number of carboxylic acid groups (broad SMARTS) is 1. The highest BCUT2D eigenvalue weighted by atomic mass is 16.5. The van der Waals surface area contributed by atoms with Gasteiger partial charge >= 0.3 is 5.97 Å². The molecule has 0 saturated carbocycles. The topological polar surface area (TPSA) is 97.6 Å². The molecule has 5 aliphatic heterocycles. The summed E-state index contributed by atoms with van der Waals surface area (Å²) in [7, 11) is 1.62. The molecular weight excluding hydrogens is 504 g/mol. The normalized spacial score (nSPS) is 17.5. The van der Waals surface area contributed by atoms with Gasteiger partial charge in [-0.1, -0.05) is 42.0 Å². The van der Waals surface area contributed by atoms with E-state index in [2.05, 4.69) is 22.4 Å². The molecule has 4 aromatic rings. The van der Waals surface area contributed by atoms with Crippen molar-refractivity contribution in [3.05, 3.63) is 87.5 Å². The number of amides is 1. The lowest BCUT2D eigenvalue weighted by atomic mass is 9.83. The number of carbonyl (C=O) groups is 2. The quantitative estimate of drug-likeness (QED) is 0.381. The molecule has 1 amide bonds. The van der Waals surface area contributed by atoms with Crippen molar-refractivity contribution in [2.45, 2.75) is 64.5 Å². The van der Waals surface area contributed by atoms with Crippen LogP contribution in [-0.2, 0) is 30.7 Å². The molecule has 8 nitrogen and oxygen atoms in total. The summed E-state index contributed by atoms with van der Waals surface area (Å²) in [5.41, 5.74) is 8.61. The standard InChI is InChI=1S/C32H34N4O4/c1-20-25-11-12-28-31(20)33-34-36(28)14-5-3-4-6-21-7-10-26(29(16-21)40-2)32(39)35-15-13-22-8-9-23(17-24(22)19-35)27(25)18-30(37)38/h7-12,16-17,27H,3-6,13-15,18-19H2,1-2H3,(H,37,38). The van der Waals surface area contributed by atoms with Crippen LogP contribution in [-0.4, -0.2) is 50.5 Å². The Bertz CT molecular complexity index is 1610. The Balaban J connectivity index is 1.45. The van der Waals surface area contributed by atoms with Crippen LogP contribution in [0, 0.1) is 6.92 Å². The number of ether oxygens (including phenoxy) is 1. The predicted octanol–water partition coefficient (Wildman–Crippen LogP) is 5.28. The molecule has 3 aromatic carbocycles. The van der Waals surface area contributed by atoms with Crippen LogP contribution in [0.3, 0.4) is 0 Å². The maximum absolute atomic E-state index is 13.7. The van der Waals surface area contributed by atoms with E-state index in [1.807, 2.05) is 52.9 Å². The van der Waals surface area contributed by atoms with Gasteiger partial charge < -0.3 is 14.7 Å². The molecule has 1 aromatic heterocycles. The zero-order valence-electron chi connectivity index (χ0n) is 23.0. The highest BCUT2D eigenvalue weighted by Gasteiger charge is 2.27. The molecular formula is C32H34N4O4. The second-order valence-electron chi connectivity index (χ2n) is 11.0. The number of aryl methyl sites for hydroxylation is 3. The van der Waals surface area contributed by atoms with Crippen molar-refractivity contribution in [1.29, 1.82) is 0 Å². The number of carboxylic acids is 1. The van der Waals surface area contributed by atoms with Crippen LogP contribution in [0.4, 0.5) is 0 Å². The molecule has 9 bridgehead atoms. The molecule has 5 aliphatic rings. The molecule has 0 radical (unpaired) electrons. The van der Waals surface area contributed by atoms with Crippen LogP contribution in [0.25, 0.3) is 11.0 Å². The molecule has 0 fully saturated rings. The van der Waals surface area contributed by atoms with E-state index < -0.39 is 5.97 Å². The minimum Gasteiger partial charge on any atom is -0.496 e. The summed E-state index contributed by atoms with van der Waals surface area (Å²) >= 11 is 0. The molecule has 6 heterocycles. The Hall–Kier alpha value is -4.20. The molecule has 1 unspecified atom stereocenters. The van der Waals surface area contributed by atoms with Gasteiger partial charge in [-0.2, -0.15) is 0 Å². The van der Waals surface area contributed by atoms with E-state index in [0.717, 1.165) is 77.5 Å². The summed E-state index contributed by atoms with van der Waals surface area (Å²) in [6.07, 6.45) is 4.65. The third-order valence-electron chi connectivity index (χ3n) is 8.50. The van der Waals surface area contributed by atoms with E-state index >= 15 is 0 Å². The second-order valence-corrected chi connectivity index (χ2v) is 11.0. The second kappa shape index (κ2) is 10.8. The van der Waals surface area contributed by atoms with E-state index in [9.17, 15) is 14.7 Å². The first-order chi connectivity index (χ1) is 19.4. The first-order valence-electron chi connectivity index (χ1n) is 14.1. The van der Waals surface area contributed by atoms with Gasteiger partial charge in [0.1, 0.15) is 11.3 Å². The Morgan fingerprint density at radius 1 is 1.02 bits per heavy atom. The van der Waals surface area contributed by atoms with Crippen LogP contribution >= 0.6 is 0 Å². The molecule has 0 saturated heterocycles. The lowest BCUT2D eigenvalue weighted by molar-refractivity contribution is -0.137. The summed E-state index contributed by atoms with van der Waals surface area (Å²) in [6.45, 7) is 3.88. The van der Waals surface area contributed by atoms with Crippen LogP contribution in [0.2, 0.25) is 0 Å². The van der Waals surface area contributed by atoms with Gasteiger partial charge in [0.2, 0.25) is 0 Å². The lowest BCUT2D eigenvalue weighted by Crippen LogP contribution is -2.36. The zero-order valence-corrected chi connectivity index (χ0v) is 23.0. The predicted molar refractivity (Wildman–Crippen MR) is 152 cm³/mol. The Morgan fingerprint density at radius 2 is 1.90 bits per heavy atom. The Morgan fingerprint density at radius 3 is 2.73 bits per heavy atom. The average molecular weight is 539 g/mol. The van der Waals surface area contributed by atoms with Gasteiger partial charge in [0.15, 0.2) is 0 Å². The number of methoxy groups -OCH3 is 1. The minimum absolute atomic E-state index is 0.0362. The molecule has 8 heteroatoms. The summed E-state index contributed by atoms with van der Waals surface area (Å²) < 4.78 is 7.62. The van der Waals surface area contributed by atoms with Crippen LogP contribution in [0.5, 0.6) is 5.75 Å². The van der Waals surface area contributed by atoms with Gasteiger partial charge in [0.05, 0.1) is 24.6 Å². The van der Waals surface area contributed by atoms with Gasteiger partial charge in [-0.15, -0.1) is 5.10 Å². The summed E-state index contributed by atoms with van der Waals surface area (Å²) in [5.74, 6) is -0.638. The van der Waals surface area contributed by atoms with Crippen molar-refractivity contribution in [3.63, 3.8) is 0 Å². The number of rotatable bonds is 3. The number of hydrogen-bond donors (Lipinski definition) is 1. The number of aliphatic carboxylic acids is 1. The van der Waals surface area contributed by atoms with E-state index in [0.29, 0.717) is 24.4 Å². The molecule has 0 aliphatic carbocycles. The van der Waals surface area contributed by atoms with Crippen molar-refractivity contribution >= 4 is 22.9 Å². The van der Waals surface area contributed by atoms with E-state index in [1.165, 1.54) is 5.56 Å². The Kier molecular flexibility index (Phi) is 7.00. The zero-order chi connectivity index (χ0) is 27.8. The van der Waals surface area contributed by atoms with Crippen LogP contribution in [0.1, 0.15) is 75.3 Å². The van der Waals surface area contributed by atoms with Crippen molar-refractivity contribution in [2.24, 2.45) is 0 Å². The maximum Gasteiger partial charge on any atom is 0.304 e. The van der Waals surface area contributed by atoms with E-state index in [-0.39, 0.29) is 18.2 Å². The van der Waals surface area contributed by atoms with Crippen molar-refractivity contribution in [2.75, 3.05) is 13.7 Å². The van der Waals surface area contributed by atoms with Crippen LogP contribution in [0.15, 0.2) is 48.5 Å². The highest BCUT2D eigenvalue weighted by molar-refractivity contribution is 5.97. The molecule has 206 valence electrons. The first-order valence-corrected chi connectivity index (χ1v) is 14.1. The van der Waals surface area contributed by atoms with E-state index in [4.69, 9.17) is 4.74 Å². The lowest BCUT2D eigenvalue weighted by Gasteiger charge is -2.30. The number of aromatic nitrogens is 3. The SMILES string of the molecule is COc1cc2ccc1C(=O)N1CCc3ccc(cc3C1)C(CC(=O)O)c1ccc3c(nnn3CCCCC2)c1C. The van der Waals surface area contributed by atoms with Gasteiger partial charge in [-0.25, -0.2) is 4.68 Å². The smallest absolute Gasteiger partial charge is 0.304 e. The monoisotopic (exact) mass is 538 g/mol. The third kappa shape index (κ3) is 4.83. The maximum atomic E-state index is 13.7. The Labute approximate surface area is 233 Å². The van der Waals surface area contributed by atoms with Crippen molar-refractivity contribution < 1.29 is 19.4 Å². The summed E-state index contributed by atoms with van der Waals surface area (Å²) in [4.78, 5) is 27.6. The third-order valence-corrected chi connectivity index (χ3v) is 8.50. The van der Waals surface area contributed by atoms with Gasteiger partial charge in [-0.3, -0.25) is 9.59 Å². The number of hydrogen-bond acceptors (Lipinski definition) is 5. The van der Waals surface area contributed by atoms with Crippen LogP contribution < -0.4 is 4.74 Å². The minimum atomic E-state index is -0.858. The van der Waals surface area contributed by atoms with Gasteiger partial charge in [-0.05, 0) is 84.2 Å². The average Bonchev–Trinajstić information content (AvgIpc) is 3.38. The fourth-order valence-electron chi connectivity index (χ4n) is 6.28. The summed E-state index contributed by atoms with van der Waals surface area (Å²) in [5, 5.41) is 18.8. The molecule has 40 heavy (non-hydrogen) atoms. The number of carbonyl (C=O) groups excluding carboxylic acids is 1. The molecule has 1 N–H and O–H groups in total. The molecule has 1 atom stereocenters. The fourth-order valence-corrected chi connectivity index (χ4v) is 6.28. The van der Waals surface area contributed by atoms with Crippen molar-refractivity contribution in [1.82, 2.24) is 19.9 Å². The fraction of sp³-hybridized carbons (Fsp3) is 0.375. The molecule has 9 rings (SSSR count).